The van der Waals surface area contributed by atoms with E-state index >= 15 is 0 Å². The van der Waals surface area contributed by atoms with E-state index in [9.17, 15) is 18.0 Å². The summed E-state index contributed by atoms with van der Waals surface area (Å²) in [5.74, 6) is -0.729. The highest BCUT2D eigenvalue weighted by Crippen LogP contribution is 2.31. The number of ether oxygens (including phenoxy) is 1. The number of rotatable bonds is 9. The van der Waals surface area contributed by atoms with Crippen LogP contribution in [0.5, 0.6) is 5.75 Å². The van der Waals surface area contributed by atoms with Crippen LogP contribution in [0.25, 0.3) is 0 Å². The number of benzene rings is 2. The van der Waals surface area contributed by atoms with Crippen molar-refractivity contribution in [3.8, 4) is 5.75 Å². The molecule has 1 atom stereocenters. The Morgan fingerprint density at radius 1 is 1.09 bits per heavy atom. The molecule has 0 saturated heterocycles. The molecule has 12 heteroatoms. The van der Waals surface area contributed by atoms with E-state index in [1.54, 1.807) is 18.2 Å². The zero-order chi connectivity index (χ0) is 24.9. The molecule has 2 aromatic carbocycles. The minimum Gasteiger partial charge on any atom is -0.495 e. The number of hydrogen-bond acceptors (Lipinski definition) is 5. The van der Waals surface area contributed by atoms with Crippen molar-refractivity contribution in [2.45, 2.75) is 19.5 Å². The van der Waals surface area contributed by atoms with Gasteiger partial charge in [0.15, 0.2) is 0 Å². The van der Waals surface area contributed by atoms with E-state index in [-0.39, 0.29) is 17.3 Å². The molecular formula is C21H24Cl3N3O5S. The van der Waals surface area contributed by atoms with Gasteiger partial charge in [0, 0.05) is 29.2 Å². The van der Waals surface area contributed by atoms with Crippen molar-refractivity contribution in [2.24, 2.45) is 0 Å². The van der Waals surface area contributed by atoms with Crippen molar-refractivity contribution >= 4 is 62.3 Å². The zero-order valence-corrected chi connectivity index (χ0v) is 21.5. The number of halogens is 3. The van der Waals surface area contributed by atoms with E-state index in [0.717, 1.165) is 10.6 Å². The molecule has 0 heterocycles. The van der Waals surface area contributed by atoms with Crippen LogP contribution in [0.1, 0.15) is 12.5 Å². The summed E-state index contributed by atoms with van der Waals surface area (Å²) in [5, 5.41) is 3.29. The van der Waals surface area contributed by atoms with E-state index in [2.05, 4.69) is 5.32 Å². The number of nitrogens with one attached hydrogen (secondary N) is 1. The fourth-order valence-electron chi connectivity index (χ4n) is 3.07. The average molecular weight is 537 g/mol. The molecule has 0 aromatic heterocycles. The first-order valence-electron chi connectivity index (χ1n) is 9.65. The van der Waals surface area contributed by atoms with Crippen LogP contribution in [-0.2, 0) is 26.2 Å². The van der Waals surface area contributed by atoms with Crippen LogP contribution in [0, 0.1) is 0 Å². The molecule has 0 aliphatic rings. The first kappa shape index (κ1) is 27.0. The van der Waals surface area contributed by atoms with E-state index < -0.39 is 34.4 Å². The molecule has 2 rings (SSSR count). The maximum absolute atomic E-state index is 13.4. The molecule has 0 aliphatic carbocycles. The molecule has 1 N–H and O–H groups in total. The van der Waals surface area contributed by atoms with Gasteiger partial charge in [-0.25, -0.2) is 8.42 Å². The number of sulfonamides is 1. The fraction of sp³-hybridized carbons (Fsp3) is 0.333. The summed E-state index contributed by atoms with van der Waals surface area (Å²) in [6, 6.07) is 8.28. The molecule has 8 nitrogen and oxygen atoms in total. The van der Waals surface area contributed by atoms with Crippen LogP contribution in [0.15, 0.2) is 36.4 Å². The Kier molecular flexibility index (Phi) is 9.25. The first-order chi connectivity index (χ1) is 15.4. The Morgan fingerprint density at radius 3 is 2.18 bits per heavy atom. The largest absolute Gasteiger partial charge is 0.495 e. The average Bonchev–Trinajstić information content (AvgIpc) is 2.75. The molecule has 0 saturated carbocycles. The third-order valence-corrected chi connectivity index (χ3v) is 7.05. The highest BCUT2D eigenvalue weighted by molar-refractivity contribution is 7.92. The molecule has 0 spiro atoms. The van der Waals surface area contributed by atoms with Gasteiger partial charge in [0.05, 0.1) is 24.1 Å². The minimum absolute atomic E-state index is 0.104. The third kappa shape index (κ3) is 6.66. The number of anilines is 1. The lowest BCUT2D eigenvalue weighted by atomic mass is 10.1. The van der Waals surface area contributed by atoms with Crippen molar-refractivity contribution in [1.82, 2.24) is 10.2 Å². The molecule has 0 bridgehead atoms. The fourth-order valence-corrected chi connectivity index (χ4v) is 4.68. The van der Waals surface area contributed by atoms with Crippen LogP contribution in [0.3, 0.4) is 0 Å². The lowest BCUT2D eigenvalue weighted by Crippen LogP contribution is -2.50. The molecule has 2 aromatic rings. The highest BCUT2D eigenvalue weighted by Gasteiger charge is 2.30. The summed E-state index contributed by atoms with van der Waals surface area (Å²) in [7, 11) is -1.03. The van der Waals surface area contributed by atoms with Gasteiger partial charge in [-0.05, 0) is 37.3 Å². The predicted molar refractivity (Wildman–Crippen MR) is 131 cm³/mol. The van der Waals surface area contributed by atoms with Crippen LogP contribution in [0.4, 0.5) is 5.69 Å². The normalized spacial score (nSPS) is 12.1. The topological polar surface area (TPSA) is 96.0 Å². The Balaban J connectivity index is 2.46. The molecule has 2 amide bonds. The summed E-state index contributed by atoms with van der Waals surface area (Å²) in [6.45, 7) is 0.842. The summed E-state index contributed by atoms with van der Waals surface area (Å²) >= 11 is 18.7. The molecular weight excluding hydrogens is 513 g/mol. The van der Waals surface area contributed by atoms with Gasteiger partial charge in [-0.15, -0.1) is 0 Å². The summed E-state index contributed by atoms with van der Waals surface area (Å²) < 4.78 is 31.1. The molecule has 33 heavy (non-hydrogen) atoms. The number of carbonyl (C=O) groups is 2. The smallest absolute Gasteiger partial charge is 0.244 e. The molecule has 180 valence electrons. The van der Waals surface area contributed by atoms with E-state index in [4.69, 9.17) is 39.5 Å². The number of hydrogen-bond donors (Lipinski definition) is 1. The zero-order valence-electron chi connectivity index (χ0n) is 18.4. The van der Waals surface area contributed by atoms with Crippen LogP contribution < -0.4 is 14.4 Å². The van der Waals surface area contributed by atoms with Crippen molar-refractivity contribution in [1.29, 1.82) is 0 Å². The van der Waals surface area contributed by atoms with Gasteiger partial charge in [-0.2, -0.15) is 0 Å². The number of methoxy groups -OCH3 is 1. The molecule has 0 fully saturated rings. The van der Waals surface area contributed by atoms with Gasteiger partial charge >= 0.3 is 0 Å². The van der Waals surface area contributed by atoms with Crippen LogP contribution in [0.2, 0.25) is 15.1 Å². The standard InChI is InChI=1S/C21H24Cl3N3O5S/c1-13(21(29)25-2)26(11-15-16(22)6-5-7-17(15)23)20(28)12-27(33(4,30)31)14-8-9-19(32-3)18(24)10-14/h5-10,13H,11-12H2,1-4H3,(H,25,29)/t13-/m0/s1. The lowest BCUT2D eigenvalue weighted by molar-refractivity contribution is -0.139. The summed E-state index contributed by atoms with van der Waals surface area (Å²) in [6.07, 6.45) is 0.968. The third-order valence-electron chi connectivity index (χ3n) is 4.91. The Hall–Kier alpha value is -2.20. The van der Waals surface area contributed by atoms with Gasteiger partial charge in [0.1, 0.15) is 18.3 Å². The quantitative estimate of drug-likeness (QED) is 0.528. The minimum atomic E-state index is -3.89. The van der Waals surface area contributed by atoms with Crippen molar-refractivity contribution < 1.29 is 22.7 Å². The van der Waals surface area contributed by atoms with Crippen molar-refractivity contribution in [2.75, 3.05) is 31.3 Å². The van der Waals surface area contributed by atoms with Crippen molar-refractivity contribution in [3.05, 3.63) is 57.0 Å². The summed E-state index contributed by atoms with van der Waals surface area (Å²) in [4.78, 5) is 26.9. The lowest BCUT2D eigenvalue weighted by Gasteiger charge is -2.31. The number of amides is 2. The first-order valence-corrected chi connectivity index (χ1v) is 12.6. The molecule has 0 unspecified atom stereocenters. The molecule has 0 aliphatic heterocycles. The SMILES string of the molecule is CNC(=O)[C@H](C)N(Cc1c(Cl)cccc1Cl)C(=O)CN(c1ccc(OC)c(Cl)c1)S(C)(=O)=O. The van der Waals surface area contributed by atoms with Gasteiger partial charge in [0.25, 0.3) is 0 Å². The van der Waals surface area contributed by atoms with Gasteiger partial charge in [-0.3, -0.25) is 13.9 Å². The Labute approximate surface area is 208 Å². The predicted octanol–water partition coefficient (Wildman–Crippen LogP) is 3.58. The van der Waals surface area contributed by atoms with Gasteiger partial charge in [0.2, 0.25) is 21.8 Å². The van der Waals surface area contributed by atoms with Crippen molar-refractivity contribution in [3.63, 3.8) is 0 Å². The Morgan fingerprint density at radius 2 is 1.70 bits per heavy atom. The number of likely N-dealkylation sites (N-methyl/N-ethyl adjacent to an activating group) is 1. The van der Waals surface area contributed by atoms with E-state index in [0.29, 0.717) is 21.4 Å². The van der Waals surface area contributed by atoms with E-state index in [1.165, 1.54) is 44.2 Å². The van der Waals surface area contributed by atoms with Gasteiger partial charge in [-0.1, -0.05) is 40.9 Å². The Bertz CT molecular complexity index is 1120. The molecule has 0 radical (unpaired) electrons. The second kappa shape index (κ2) is 11.3. The number of nitrogens with zero attached hydrogens (tertiary/aromatic N) is 2. The maximum Gasteiger partial charge on any atom is 0.244 e. The van der Waals surface area contributed by atoms with Crippen LogP contribution >= 0.6 is 34.8 Å². The second-order valence-corrected chi connectivity index (χ2v) is 10.2. The second-order valence-electron chi connectivity index (χ2n) is 7.10. The van der Waals surface area contributed by atoms with Gasteiger partial charge < -0.3 is 15.0 Å². The highest BCUT2D eigenvalue weighted by atomic mass is 35.5. The van der Waals surface area contributed by atoms with E-state index in [1.807, 2.05) is 0 Å². The summed E-state index contributed by atoms with van der Waals surface area (Å²) in [5.41, 5.74) is 0.600. The monoisotopic (exact) mass is 535 g/mol. The van der Waals surface area contributed by atoms with Crippen LogP contribution in [-0.4, -0.2) is 58.1 Å². The number of carbonyl (C=O) groups excluding carboxylic acids is 2. The maximum atomic E-state index is 13.4.